The van der Waals surface area contributed by atoms with Gasteiger partial charge in [0.25, 0.3) is 5.56 Å². The van der Waals surface area contributed by atoms with E-state index >= 15 is 0 Å². The largest absolute Gasteiger partial charge is 0.448 e. The molecule has 4 heterocycles. The van der Waals surface area contributed by atoms with Crippen molar-refractivity contribution in [1.82, 2.24) is 29.0 Å². The fourth-order valence-electron chi connectivity index (χ4n) is 4.91. The number of nitrogens with one attached hydrogen (secondary N) is 2. The maximum atomic E-state index is 13.0. The molecule has 4 aromatic rings. The van der Waals surface area contributed by atoms with E-state index in [2.05, 4.69) is 26.3 Å². The third kappa shape index (κ3) is 4.58. The summed E-state index contributed by atoms with van der Waals surface area (Å²) in [5, 5.41) is 18.0. The van der Waals surface area contributed by atoms with Gasteiger partial charge in [-0.1, -0.05) is 12.1 Å². The first-order valence-corrected chi connectivity index (χ1v) is 13.6. The fraction of sp³-hybridized carbons (Fsp3) is 0.360. The molecule has 0 saturated carbocycles. The maximum absolute atomic E-state index is 13.0. The van der Waals surface area contributed by atoms with Gasteiger partial charge in [0.15, 0.2) is 5.82 Å². The van der Waals surface area contributed by atoms with Crippen LogP contribution in [0.25, 0.3) is 10.9 Å². The number of pyridine rings is 1. The van der Waals surface area contributed by atoms with Crippen LogP contribution in [0.1, 0.15) is 25.2 Å². The van der Waals surface area contributed by atoms with Crippen LogP contribution >= 0.6 is 0 Å². The first kappa shape index (κ1) is 25.7. The molecule has 12 nitrogen and oxygen atoms in total. The van der Waals surface area contributed by atoms with E-state index in [-0.39, 0.29) is 22.7 Å². The van der Waals surface area contributed by atoms with Crippen molar-refractivity contribution in [2.45, 2.75) is 36.2 Å². The number of para-hydroxylation sites is 1. The average Bonchev–Trinajstić information content (AvgIpc) is 3.55. The standard InChI is InChI=1S/C25H28N8O4S/c1-31(2)38(35,36)20-6-4-3-5-18(20)29-23-22-19(7-12-28-24(22)34)33(30-23)25(8-11-26)9-14-32(15-10-25)17-21-27-13-16-37-21/h3-7,12-13,16H,8-10,14-15,17H2,1-2H3,(H,28,34)(H,29,30). The van der Waals surface area contributed by atoms with Gasteiger partial charge in [0.05, 0.1) is 42.0 Å². The molecular formula is C25H28N8O4S. The smallest absolute Gasteiger partial charge is 0.261 e. The summed E-state index contributed by atoms with van der Waals surface area (Å²) in [6.45, 7) is 1.93. The van der Waals surface area contributed by atoms with Gasteiger partial charge in [-0.05, 0) is 31.0 Å². The highest BCUT2D eigenvalue weighted by molar-refractivity contribution is 7.89. The molecule has 1 aromatic carbocycles. The zero-order valence-electron chi connectivity index (χ0n) is 21.1. The van der Waals surface area contributed by atoms with E-state index in [0.29, 0.717) is 55.0 Å². The molecule has 1 saturated heterocycles. The first-order valence-electron chi connectivity index (χ1n) is 12.1. The van der Waals surface area contributed by atoms with Crippen molar-refractivity contribution in [3.05, 3.63) is 65.2 Å². The molecule has 0 spiro atoms. The van der Waals surface area contributed by atoms with Gasteiger partial charge in [0.1, 0.15) is 16.5 Å². The van der Waals surface area contributed by atoms with Crippen LogP contribution in [0.3, 0.4) is 0 Å². The summed E-state index contributed by atoms with van der Waals surface area (Å²) in [5.41, 5.74) is -0.146. The van der Waals surface area contributed by atoms with Gasteiger partial charge >= 0.3 is 0 Å². The number of rotatable bonds is 8. The number of aromatic amines is 1. The quantitative estimate of drug-likeness (QED) is 0.346. The molecule has 38 heavy (non-hydrogen) atoms. The molecular weight excluding hydrogens is 508 g/mol. The van der Waals surface area contributed by atoms with Crippen molar-refractivity contribution in [2.24, 2.45) is 0 Å². The summed E-state index contributed by atoms with van der Waals surface area (Å²) in [4.78, 5) is 22.2. The maximum Gasteiger partial charge on any atom is 0.261 e. The Hall–Kier alpha value is -3.99. The van der Waals surface area contributed by atoms with Gasteiger partial charge < -0.3 is 14.7 Å². The Morgan fingerprint density at radius 3 is 2.68 bits per heavy atom. The van der Waals surface area contributed by atoms with Crippen LogP contribution in [0.5, 0.6) is 0 Å². The Bertz CT molecular complexity index is 1640. The van der Waals surface area contributed by atoms with Crippen molar-refractivity contribution < 1.29 is 12.8 Å². The molecule has 0 radical (unpaired) electrons. The molecule has 0 unspecified atom stereocenters. The number of hydrogen-bond acceptors (Lipinski definition) is 9. The number of oxazole rings is 1. The molecule has 1 aliphatic rings. The van der Waals surface area contributed by atoms with E-state index in [9.17, 15) is 18.5 Å². The lowest BCUT2D eigenvalue weighted by molar-refractivity contribution is 0.0952. The Balaban J connectivity index is 1.55. The molecule has 13 heteroatoms. The lowest BCUT2D eigenvalue weighted by Gasteiger charge is -2.40. The third-order valence-electron chi connectivity index (χ3n) is 6.99. The monoisotopic (exact) mass is 536 g/mol. The summed E-state index contributed by atoms with van der Waals surface area (Å²) in [5.74, 6) is 0.856. The van der Waals surface area contributed by atoms with Crippen LogP contribution in [0.4, 0.5) is 11.5 Å². The van der Waals surface area contributed by atoms with Gasteiger partial charge in [0.2, 0.25) is 15.9 Å². The predicted molar refractivity (Wildman–Crippen MR) is 140 cm³/mol. The van der Waals surface area contributed by atoms with E-state index < -0.39 is 15.6 Å². The Kier molecular flexibility index (Phi) is 6.78. The van der Waals surface area contributed by atoms with Gasteiger partial charge in [-0.15, -0.1) is 0 Å². The molecule has 0 aliphatic carbocycles. The van der Waals surface area contributed by atoms with Crippen molar-refractivity contribution in [1.29, 1.82) is 5.26 Å². The molecule has 0 amide bonds. The van der Waals surface area contributed by atoms with Gasteiger partial charge in [-0.2, -0.15) is 10.4 Å². The molecule has 0 atom stereocenters. The molecule has 5 rings (SSSR count). The Morgan fingerprint density at radius 2 is 2.00 bits per heavy atom. The zero-order chi connectivity index (χ0) is 26.9. The summed E-state index contributed by atoms with van der Waals surface area (Å²) in [7, 11) is -0.846. The SMILES string of the molecule is CN(C)S(=O)(=O)c1ccccc1Nc1nn(C2(CC#N)CCN(Cc3ncco3)CC2)c2cc[nH]c(=O)c12. The number of likely N-dealkylation sites (tertiary alicyclic amines) is 1. The summed E-state index contributed by atoms with van der Waals surface area (Å²) >= 11 is 0. The van der Waals surface area contributed by atoms with Gasteiger partial charge in [0, 0.05) is 33.4 Å². The summed E-state index contributed by atoms with van der Waals surface area (Å²) in [6.07, 6.45) is 6.15. The highest BCUT2D eigenvalue weighted by atomic mass is 32.2. The highest BCUT2D eigenvalue weighted by Crippen LogP contribution is 2.38. The van der Waals surface area contributed by atoms with E-state index in [0.717, 1.165) is 4.31 Å². The van der Waals surface area contributed by atoms with E-state index in [1.54, 1.807) is 47.6 Å². The number of aromatic nitrogens is 4. The van der Waals surface area contributed by atoms with Crippen molar-refractivity contribution in [3.63, 3.8) is 0 Å². The van der Waals surface area contributed by atoms with Crippen LogP contribution in [0.15, 0.2) is 63.1 Å². The van der Waals surface area contributed by atoms with E-state index in [1.807, 2.05) is 0 Å². The van der Waals surface area contributed by atoms with Crippen molar-refractivity contribution >= 4 is 32.4 Å². The van der Waals surface area contributed by atoms with Crippen LogP contribution in [0, 0.1) is 11.3 Å². The summed E-state index contributed by atoms with van der Waals surface area (Å²) in [6, 6.07) is 10.6. The Labute approximate surface area is 219 Å². The number of piperidine rings is 1. The minimum atomic E-state index is -3.76. The van der Waals surface area contributed by atoms with Crippen LogP contribution < -0.4 is 10.9 Å². The lowest BCUT2D eigenvalue weighted by atomic mass is 9.84. The number of hydrogen-bond donors (Lipinski definition) is 2. The first-order chi connectivity index (χ1) is 18.2. The second-order valence-electron chi connectivity index (χ2n) is 9.50. The number of sulfonamides is 1. The second-order valence-corrected chi connectivity index (χ2v) is 11.6. The molecule has 0 bridgehead atoms. The van der Waals surface area contributed by atoms with Gasteiger partial charge in [-0.25, -0.2) is 17.7 Å². The third-order valence-corrected chi connectivity index (χ3v) is 8.86. The average molecular weight is 537 g/mol. The minimum Gasteiger partial charge on any atom is -0.448 e. The van der Waals surface area contributed by atoms with E-state index in [4.69, 9.17) is 9.52 Å². The van der Waals surface area contributed by atoms with Crippen LogP contribution in [0.2, 0.25) is 0 Å². The molecule has 3 aromatic heterocycles. The number of nitrogens with zero attached hydrogens (tertiary/aromatic N) is 6. The van der Waals surface area contributed by atoms with Gasteiger partial charge in [-0.3, -0.25) is 14.4 Å². The van der Waals surface area contributed by atoms with Crippen molar-refractivity contribution in [3.8, 4) is 6.07 Å². The van der Waals surface area contributed by atoms with E-state index in [1.165, 1.54) is 20.2 Å². The molecule has 198 valence electrons. The van der Waals surface area contributed by atoms with Crippen LogP contribution in [-0.2, 0) is 22.1 Å². The highest BCUT2D eigenvalue weighted by Gasteiger charge is 2.39. The summed E-state index contributed by atoms with van der Waals surface area (Å²) < 4.78 is 34.2. The zero-order valence-corrected chi connectivity index (χ0v) is 21.9. The molecule has 1 fully saturated rings. The second kappa shape index (κ2) is 10.1. The predicted octanol–water partition coefficient (Wildman–Crippen LogP) is 2.61. The lowest BCUT2D eigenvalue weighted by Crippen LogP contribution is -2.46. The number of fused-ring (bicyclic) bond motifs is 1. The minimum absolute atomic E-state index is 0.0617. The molecule has 1 aliphatic heterocycles. The number of anilines is 2. The van der Waals surface area contributed by atoms with Crippen LogP contribution in [-0.4, -0.2) is 64.6 Å². The number of benzene rings is 1. The number of nitriles is 1. The normalized spacial score (nSPS) is 16.1. The fourth-order valence-corrected chi connectivity index (χ4v) is 5.95. The Morgan fingerprint density at radius 1 is 1.24 bits per heavy atom. The van der Waals surface area contributed by atoms with Crippen molar-refractivity contribution in [2.75, 3.05) is 32.5 Å². The topological polar surface area (TPSA) is 153 Å². The molecule has 2 N–H and O–H groups in total. The number of H-pyrrole nitrogens is 1.